The van der Waals surface area contributed by atoms with Crippen molar-refractivity contribution in [3.63, 3.8) is 0 Å². The summed E-state index contributed by atoms with van der Waals surface area (Å²) in [7, 11) is 0. The molecule has 0 saturated heterocycles. The Kier molecular flexibility index (Phi) is 9.03. The monoisotopic (exact) mass is 839 g/mol. The molecule has 0 aliphatic carbocycles. The largest absolute Gasteiger partial charge is 0.557 e. The maximum Gasteiger partial charge on any atom is 0.0774 e. The molecule has 0 spiro atoms. The van der Waals surface area contributed by atoms with Crippen molar-refractivity contribution < 1.29 is 28.6 Å². The molecule has 0 atom stereocenters. The molecule has 9 aromatic rings. The molecule has 0 bridgehead atoms. The second-order valence-electron chi connectivity index (χ2n) is 12.0. The Balaban J connectivity index is 0.000000223. The van der Waals surface area contributed by atoms with Gasteiger partial charge in [0.2, 0.25) is 0 Å². The maximum absolute atomic E-state index is 7.23. The second kappa shape index (κ2) is 15.3. The smallest absolute Gasteiger partial charge is 0.0774 e. The summed E-state index contributed by atoms with van der Waals surface area (Å²) < 4.78 is 29.9. The van der Waals surface area contributed by atoms with Crippen LogP contribution < -0.4 is 0 Å². The molecule has 0 unspecified atom stereocenters. The van der Waals surface area contributed by atoms with Crippen molar-refractivity contribution in [3.8, 4) is 39.5 Å². The topological polar surface area (TPSA) is 43.9 Å². The first-order valence-corrected chi connectivity index (χ1v) is 16.5. The Hall–Kier alpha value is -5.87. The first-order valence-electron chi connectivity index (χ1n) is 18.0. The molecule has 3 heterocycles. The summed E-state index contributed by atoms with van der Waals surface area (Å²) >= 11 is 0. The van der Waals surface area contributed by atoms with Gasteiger partial charge in [0.05, 0.1) is 16.9 Å². The summed E-state index contributed by atoms with van der Waals surface area (Å²) in [5.74, 6) is 0.822. The number of fused-ring (bicyclic) bond motifs is 2. The van der Waals surface area contributed by atoms with E-state index in [0.717, 1.165) is 56.8 Å². The van der Waals surface area contributed by atoms with Crippen LogP contribution in [0.25, 0.3) is 61.5 Å². The van der Waals surface area contributed by atoms with Gasteiger partial charge in [0, 0.05) is 47.9 Å². The fraction of sp³-hybridized carbons (Fsp3) is 0.0435. The van der Waals surface area contributed by atoms with Gasteiger partial charge >= 0.3 is 0 Å². The van der Waals surface area contributed by atoms with Crippen molar-refractivity contribution in [3.05, 3.63) is 199 Å². The fourth-order valence-corrected chi connectivity index (χ4v) is 6.12. The van der Waals surface area contributed by atoms with Crippen molar-refractivity contribution in [1.29, 1.82) is 0 Å². The molecule has 3 aromatic heterocycles. The van der Waals surface area contributed by atoms with Crippen molar-refractivity contribution in [2.75, 3.05) is 0 Å². The molecular formula is C46H33IrN3O-2. The van der Waals surface area contributed by atoms with Crippen LogP contribution >= 0.6 is 0 Å². The average molecular weight is 839 g/mol. The third kappa shape index (κ3) is 7.36. The van der Waals surface area contributed by atoms with Crippen LogP contribution in [0.15, 0.2) is 174 Å². The summed E-state index contributed by atoms with van der Waals surface area (Å²) in [6.45, 7) is -2.09. The van der Waals surface area contributed by atoms with Crippen LogP contribution in [0.4, 0.5) is 0 Å². The predicted octanol–water partition coefficient (Wildman–Crippen LogP) is 11.4. The van der Waals surface area contributed by atoms with E-state index >= 15 is 0 Å². The van der Waals surface area contributed by atoms with Gasteiger partial charge in [0.1, 0.15) is 0 Å². The molecule has 0 amide bonds. The van der Waals surface area contributed by atoms with E-state index in [9.17, 15) is 0 Å². The van der Waals surface area contributed by atoms with Crippen LogP contribution in [0.2, 0.25) is 0 Å². The number of benzene rings is 6. The molecule has 0 saturated carbocycles. The second-order valence-corrected chi connectivity index (χ2v) is 12.0. The van der Waals surface area contributed by atoms with Crippen molar-refractivity contribution in [1.82, 2.24) is 14.5 Å². The third-order valence-electron chi connectivity index (χ3n) is 8.60. The summed E-state index contributed by atoms with van der Waals surface area (Å²) in [5, 5.41) is 1.01. The number of aromatic nitrogens is 3. The molecule has 5 heteroatoms. The standard InChI is InChI=1S/C34H23N2O.C12H10N.Ir/c1-3-9-24(10-4-1)21-25-15-20-29-30(23-37-33(29)22-25)34-35-31-13-7-8-14-32(31)36(34)28-18-16-27(17-19-28)26-11-5-2-6-12-26;1-10-7-8-12(13-9-10)11-5-3-2-4-6-11;/h1-20,22H,21H2;2-5,7-9H,1H3;/q2*-1;/i;1D3;. The van der Waals surface area contributed by atoms with Crippen LogP contribution in [0.1, 0.15) is 20.8 Å². The SMILES string of the molecule is [2H]C([2H])([2H])c1ccc(-c2[c-]cccc2)nc1.[Ir].[c-]1oc2cc(Cc3ccccc3)ccc2c1-c1nc2ccccc2n1-c1ccc(-c2ccccc2)cc1. The minimum Gasteiger partial charge on any atom is -0.557 e. The Morgan fingerprint density at radius 1 is 0.706 bits per heavy atom. The molecule has 9 rings (SSSR count). The maximum atomic E-state index is 7.23. The molecule has 0 aliphatic rings. The van der Waals surface area contributed by atoms with Gasteiger partial charge in [-0.2, -0.15) is 0 Å². The zero-order valence-electron chi connectivity index (χ0n) is 30.5. The summed E-state index contributed by atoms with van der Waals surface area (Å²) in [6, 6.07) is 58.0. The molecule has 4 nitrogen and oxygen atoms in total. The van der Waals surface area contributed by atoms with E-state index in [1.54, 1.807) is 18.2 Å². The van der Waals surface area contributed by atoms with E-state index in [-0.39, 0.29) is 25.7 Å². The van der Waals surface area contributed by atoms with Gasteiger partial charge in [-0.1, -0.05) is 126 Å². The minimum absolute atomic E-state index is 0. The van der Waals surface area contributed by atoms with Gasteiger partial charge in [0.25, 0.3) is 0 Å². The molecule has 0 N–H and O–H groups in total. The summed E-state index contributed by atoms with van der Waals surface area (Å²) in [5.41, 5.74) is 11.4. The third-order valence-corrected chi connectivity index (χ3v) is 8.60. The van der Waals surface area contributed by atoms with Gasteiger partial charge in [-0.05, 0) is 65.5 Å². The molecule has 1 radical (unpaired) electrons. The number of para-hydroxylation sites is 2. The van der Waals surface area contributed by atoms with E-state index in [0.29, 0.717) is 0 Å². The van der Waals surface area contributed by atoms with E-state index in [1.165, 1.54) is 28.5 Å². The van der Waals surface area contributed by atoms with Crippen LogP contribution in [-0.2, 0) is 26.5 Å². The normalized spacial score (nSPS) is 11.9. The number of pyridine rings is 1. The van der Waals surface area contributed by atoms with E-state index in [4.69, 9.17) is 13.5 Å². The van der Waals surface area contributed by atoms with E-state index < -0.39 is 6.85 Å². The quantitative estimate of drug-likeness (QED) is 0.157. The molecule has 249 valence electrons. The number of hydrogen-bond acceptors (Lipinski definition) is 3. The number of aryl methyl sites for hydroxylation is 1. The number of rotatable bonds is 6. The molecule has 0 fully saturated rings. The van der Waals surface area contributed by atoms with Crippen LogP contribution in [0.5, 0.6) is 0 Å². The number of hydrogen-bond donors (Lipinski definition) is 0. The number of imidazole rings is 1. The summed E-state index contributed by atoms with van der Waals surface area (Å²) in [4.78, 5) is 9.15. The summed E-state index contributed by atoms with van der Waals surface area (Å²) in [6.07, 6.45) is 5.42. The molecular weight excluding hydrogens is 803 g/mol. The van der Waals surface area contributed by atoms with Crippen LogP contribution in [-0.4, -0.2) is 14.5 Å². The Morgan fingerprint density at radius 3 is 2.20 bits per heavy atom. The van der Waals surface area contributed by atoms with Gasteiger partial charge in [-0.25, -0.2) is 0 Å². The molecule has 51 heavy (non-hydrogen) atoms. The van der Waals surface area contributed by atoms with Crippen molar-refractivity contribution in [2.45, 2.75) is 13.3 Å². The van der Waals surface area contributed by atoms with Crippen LogP contribution in [0, 0.1) is 19.2 Å². The Morgan fingerprint density at radius 2 is 1.45 bits per heavy atom. The van der Waals surface area contributed by atoms with Crippen molar-refractivity contribution >= 4 is 22.0 Å². The van der Waals surface area contributed by atoms with E-state index in [1.807, 2.05) is 42.5 Å². The number of nitrogens with zero attached hydrogens (tertiary/aromatic N) is 3. The average Bonchev–Trinajstić information content (AvgIpc) is 3.80. The Bertz CT molecular complexity index is 2600. The fourth-order valence-electron chi connectivity index (χ4n) is 6.12. The zero-order valence-corrected chi connectivity index (χ0v) is 29.9. The Labute approximate surface area is 315 Å². The van der Waals surface area contributed by atoms with Gasteiger partial charge in [0.15, 0.2) is 0 Å². The minimum atomic E-state index is -2.09. The van der Waals surface area contributed by atoms with E-state index in [2.05, 4.69) is 125 Å². The molecule has 0 aliphatic heterocycles. The van der Waals surface area contributed by atoms with Gasteiger partial charge < -0.3 is 14.0 Å². The predicted molar refractivity (Wildman–Crippen MR) is 203 cm³/mol. The van der Waals surface area contributed by atoms with Crippen LogP contribution in [0.3, 0.4) is 0 Å². The van der Waals surface area contributed by atoms with Crippen molar-refractivity contribution in [2.24, 2.45) is 0 Å². The number of furan rings is 1. The first-order chi connectivity index (χ1) is 25.9. The van der Waals surface area contributed by atoms with Gasteiger partial charge in [-0.15, -0.1) is 42.0 Å². The molecule has 6 aromatic carbocycles. The van der Waals surface area contributed by atoms with Gasteiger partial charge in [-0.3, -0.25) is 4.98 Å². The zero-order chi connectivity index (χ0) is 36.2. The first kappa shape index (κ1) is 30.0.